The average Bonchev–Trinajstić information content (AvgIpc) is 3.59. The molecule has 0 radical (unpaired) electrons. The summed E-state index contributed by atoms with van der Waals surface area (Å²) < 4.78 is 41.1. The minimum Gasteiger partial charge on any atom is -0.353 e. The second kappa shape index (κ2) is 8.39. The number of aromatic nitrogens is 1. The molecule has 0 bridgehead atoms. The van der Waals surface area contributed by atoms with Crippen LogP contribution < -0.4 is 4.90 Å². The highest BCUT2D eigenvalue weighted by Crippen LogP contribution is 2.40. The van der Waals surface area contributed by atoms with E-state index >= 15 is 0 Å². The third-order valence-electron chi connectivity index (χ3n) is 7.23. The zero-order valence-electron chi connectivity index (χ0n) is 19.0. The highest BCUT2D eigenvalue weighted by Gasteiger charge is 2.48. The molecule has 1 atom stereocenters. The molecule has 0 saturated carbocycles. The number of alkyl halides is 3. The van der Waals surface area contributed by atoms with Gasteiger partial charge in [0.25, 0.3) is 5.91 Å². The second-order valence-electron chi connectivity index (χ2n) is 9.17. The number of allylic oxidation sites excluding steroid dienone is 3. The summed E-state index contributed by atoms with van der Waals surface area (Å²) in [6, 6.07) is 6.60. The molecular formula is C25H25F3N5OS+. The number of amides is 1. The Labute approximate surface area is 205 Å². The molecule has 2 aromatic rings. The van der Waals surface area contributed by atoms with Crippen LogP contribution in [-0.4, -0.2) is 76.3 Å². The fourth-order valence-corrected chi connectivity index (χ4v) is 6.42. The smallest absolute Gasteiger partial charge is 0.353 e. The highest BCUT2D eigenvalue weighted by atomic mass is 32.2. The molecule has 2 saturated heterocycles. The molecule has 0 unspecified atom stereocenters. The molecule has 4 aliphatic rings. The molecule has 5 heterocycles. The number of halogens is 3. The normalized spacial score (nSPS) is 24.8. The van der Waals surface area contributed by atoms with Gasteiger partial charge in [-0.25, -0.2) is 4.98 Å². The van der Waals surface area contributed by atoms with E-state index < -0.39 is 11.7 Å². The van der Waals surface area contributed by atoms with Crippen LogP contribution in [0.4, 0.5) is 19.0 Å². The summed E-state index contributed by atoms with van der Waals surface area (Å²) in [6.07, 6.45) is 4.77. The molecule has 0 N–H and O–H groups in total. The number of carbonyl (C=O) groups excluding carboxylic acids is 1. The Morgan fingerprint density at radius 2 is 1.83 bits per heavy atom. The minimum atomic E-state index is -4.45. The number of fused-ring (bicyclic) bond motifs is 2. The Kier molecular flexibility index (Phi) is 5.43. The third kappa shape index (κ3) is 3.75. The molecule has 2 fully saturated rings. The largest absolute Gasteiger partial charge is 0.418 e. The van der Waals surface area contributed by atoms with Crippen LogP contribution in [0.2, 0.25) is 0 Å². The number of carbonyl (C=O) groups is 1. The van der Waals surface area contributed by atoms with Gasteiger partial charge >= 0.3 is 6.18 Å². The Balaban J connectivity index is 1.21. The second-order valence-corrected chi connectivity index (χ2v) is 10.2. The number of thioether (sulfide) groups is 1. The molecule has 0 spiro atoms. The molecule has 1 aromatic heterocycles. The standard InChI is InChI=1S/C25H25F3N5OS/c26-25(27,28)22-15-29-23(21-6-2-1-5-20(21)22)30-7-9-32(10-8-30)33-12-3-4-19(33)14-18(16-33)24(34)31-11-13-35-17-31/h1-6,12,14-15H,7-11,13,16-17H2/q+1/t33-/m1/s1. The predicted octanol–water partition coefficient (Wildman–Crippen LogP) is 3.99. The summed E-state index contributed by atoms with van der Waals surface area (Å²) in [5, 5.41) is 3.03. The first-order valence-electron chi connectivity index (χ1n) is 11.7. The van der Waals surface area contributed by atoms with E-state index in [0.29, 0.717) is 48.5 Å². The Bertz CT molecular complexity index is 1280. The molecule has 182 valence electrons. The van der Waals surface area contributed by atoms with Crippen molar-refractivity contribution in [3.63, 3.8) is 0 Å². The number of nitrogens with zero attached hydrogens (tertiary/aromatic N) is 5. The van der Waals surface area contributed by atoms with Crippen molar-refractivity contribution >= 4 is 34.3 Å². The van der Waals surface area contributed by atoms with Crippen LogP contribution in [0.1, 0.15) is 5.56 Å². The quantitative estimate of drug-likeness (QED) is 0.596. The van der Waals surface area contributed by atoms with Crippen LogP contribution in [0.15, 0.2) is 66.2 Å². The number of benzene rings is 1. The first-order valence-corrected chi connectivity index (χ1v) is 12.8. The van der Waals surface area contributed by atoms with Gasteiger partial charge in [-0.3, -0.25) is 4.79 Å². The fourth-order valence-electron chi connectivity index (χ4n) is 5.47. The highest BCUT2D eigenvalue weighted by molar-refractivity contribution is 7.99. The van der Waals surface area contributed by atoms with E-state index in [2.05, 4.69) is 27.2 Å². The van der Waals surface area contributed by atoms with E-state index in [4.69, 9.17) is 0 Å². The molecule has 35 heavy (non-hydrogen) atoms. The Morgan fingerprint density at radius 1 is 1.06 bits per heavy atom. The van der Waals surface area contributed by atoms with E-state index in [0.717, 1.165) is 35.6 Å². The molecule has 1 amide bonds. The van der Waals surface area contributed by atoms with Gasteiger partial charge in [0.05, 0.1) is 30.1 Å². The van der Waals surface area contributed by atoms with Gasteiger partial charge in [0.15, 0.2) is 5.70 Å². The molecule has 4 aliphatic heterocycles. The Hall–Kier alpha value is -2.82. The molecule has 6 nitrogen and oxygen atoms in total. The minimum absolute atomic E-state index is 0.121. The summed E-state index contributed by atoms with van der Waals surface area (Å²) >= 11 is 1.78. The van der Waals surface area contributed by atoms with Crippen LogP contribution in [0.5, 0.6) is 0 Å². The SMILES string of the molecule is O=C(C1=CC2=CC=C[N@@+]2(N2CCN(c3ncc(C(F)(F)F)c4ccccc34)CC2)C1)N1CCSC1. The maximum atomic E-state index is 13.5. The topological polar surface area (TPSA) is 39.7 Å². The Morgan fingerprint density at radius 3 is 2.54 bits per heavy atom. The lowest BCUT2D eigenvalue weighted by atomic mass is 10.1. The van der Waals surface area contributed by atoms with Gasteiger partial charge < -0.3 is 9.80 Å². The van der Waals surface area contributed by atoms with Crippen molar-refractivity contribution in [3.8, 4) is 0 Å². The zero-order chi connectivity index (χ0) is 24.2. The van der Waals surface area contributed by atoms with Crippen molar-refractivity contribution in [2.45, 2.75) is 6.18 Å². The van der Waals surface area contributed by atoms with Crippen molar-refractivity contribution in [2.75, 3.05) is 55.8 Å². The number of hydrogen-bond acceptors (Lipinski definition) is 5. The lowest BCUT2D eigenvalue weighted by Crippen LogP contribution is -2.60. The summed E-state index contributed by atoms with van der Waals surface area (Å²) in [6.45, 7) is 4.07. The van der Waals surface area contributed by atoms with Crippen LogP contribution in [0.3, 0.4) is 0 Å². The van der Waals surface area contributed by atoms with E-state index in [1.807, 2.05) is 17.1 Å². The van der Waals surface area contributed by atoms with E-state index in [1.54, 1.807) is 30.0 Å². The van der Waals surface area contributed by atoms with E-state index in [1.165, 1.54) is 6.07 Å². The van der Waals surface area contributed by atoms with Gasteiger partial charge in [-0.05, 0) is 11.5 Å². The van der Waals surface area contributed by atoms with E-state index in [9.17, 15) is 18.0 Å². The summed E-state index contributed by atoms with van der Waals surface area (Å²) in [7, 11) is 0. The maximum Gasteiger partial charge on any atom is 0.418 e. The van der Waals surface area contributed by atoms with Crippen molar-refractivity contribution in [3.05, 3.63) is 71.7 Å². The zero-order valence-corrected chi connectivity index (χ0v) is 19.9. The first kappa shape index (κ1) is 22.6. The van der Waals surface area contributed by atoms with Crippen LogP contribution >= 0.6 is 11.8 Å². The van der Waals surface area contributed by atoms with Crippen LogP contribution in [0, 0.1) is 0 Å². The number of anilines is 1. The number of quaternary nitrogens is 1. The number of hydrogen-bond donors (Lipinski definition) is 0. The monoisotopic (exact) mass is 500 g/mol. The van der Waals surface area contributed by atoms with Gasteiger partial charge in [0, 0.05) is 49.1 Å². The summed E-state index contributed by atoms with van der Waals surface area (Å²) in [5.74, 6) is 2.44. The number of pyridine rings is 1. The summed E-state index contributed by atoms with van der Waals surface area (Å²) in [5.41, 5.74) is 1.22. The molecule has 0 aliphatic carbocycles. The maximum absolute atomic E-state index is 13.5. The van der Waals surface area contributed by atoms with E-state index in [-0.39, 0.29) is 11.3 Å². The molecule has 10 heteroatoms. The summed E-state index contributed by atoms with van der Waals surface area (Å²) in [4.78, 5) is 21.3. The first-order chi connectivity index (χ1) is 16.9. The van der Waals surface area contributed by atoms with Gasteiger partial charge in [-0.15, -0.1) is 16.8 Å². The lowest BCUT2D eigenvalue weighted by Gasteiger charge is -2.44. The van der Waals surface area contributed by atoms with Gasteiger partial charge in [-0.1, -0.05) is 24.3 Å². The van der Waals surface area contributed by atoms with Crippen molar-refractivity contribution < 1.29 is 22.6 Å². The molecule has 6 rings (SSSR count). The van der Waals surface area contributed by atoms with Gasteiger partial charge in [-0.2, -0.15) is 17.8 Å². The van der Waals surface area contributed by atoms with Crippen molar-refractivity contribution in [1.82, 2.24) is 14.9 Å². The van der Waals surface area contributed by atoms with Gasteiger partial charge in [0.1, 0.15) is 18.6 Å². The van der Waals surface area contributed by atoms with Crippen LogP contribution in [0.25, 0.3) is 10.8 Å². The average molecular weight is 501 g/mol. The van der Waals surface area contributed by atoms with Crippen LogP contribution in [-0.2, 0) is 11.0 Å². The molecule has 1 aromatic carbocycles. The number of piperazine rings is 1. The third-order valence-corrected chi connectivity index (χ3v) is 8.20. The molecular weight excluding hydrogens is 475 g/mol. The lowest BCUT2D eigenvalue weighted by molar-refractivity contribution is -0.948. The predicted molar refractivity (Wildman–Crippen MR) is 130 cm³/mol. The van der Waals surface area contributed by atoms with Crippen molar-refractivity contribution in [2.24, 2.45) is 0 Å². The number of rotatable bonds is 3. The fraction of sp³-hybridized carbons (Fsp3) is 0.360. The van der Waals surface area contributed by atoms with Crippen molar-refractivity contribution in [1.29, 1.82) is 0 Å². The van der Waals surface area contributed by atoms with Gasteiger partial charge in [0.2, 0.25) is 0 Å².